The van der Waals surface area contributed by atoms with Crippen LogP contribution in [-0.2, 0) is 6.42 Å². The summed E-state index contributed by atoms with van der Waals surface area (Å²) in [5.41, 5.74) is 2.00. The van der Waals surface area contributed by atoms with Gasteiger partial charge in [0.05, 0.1) is 11.3 Å². The van der Waals surface area contributed by atoms with Crippen LogP contribution in [0.25, 0.3) is 0 Å². The normalized spacial score (nSPS) is 10.5. The zero-order valence-corrected chi connectivity index (χ0v) is 12.1. The highest BCUT2D eigenvalue weighted by atomic mass is 35.5. The smallest absolute Gasteiger partial charge is 0.163 e. The number of rotatable bonds is 3. The molecule has 0 bridgehead atoms. The van der Waals surface area contributed by atoms with Crippen molar-refractivity contribution >= 4 is 29.0 Å². The van der Waals surface area contributed by atoms with E-state index in [1.807, 2.05) is 0 Å². The third-order valence-corrected chi connectivity index (χ3v) is 3.51. The number of hydrogen-bond acceptors (Lipinski definition) is 3. The fourth-order valence-electron chi connectivity index (χ4n) is 1.81. The van der Waals surface area contributed by atoms with Gasteiger partial charge < -0.3 is 0 Å². The van der Waals surface area contributed by atoms with Crippen LogP contribution in [0.2, 0.25) is 10.0 Å². The van der Waals surface area contributed by atoms with Crippen LogP contribution in [0.4, 0.5) is 0 Å². The number of aryl methyl sites for hydroxylation is 1. The van der Waals surface area contributed by atoms with Crippen LogP contribution >= 0.6 is 23.2 Å². The lowest BCUT2D eigenvalue weighted by Crippen LogP contribution is -2.05. The molecule has 0 N–H and O–H groups in total. The van der Waals surface area contributed by atoms with Crippen LogP contribution in [-0.4, -0.2) is 15.8 Å². The van der Waals surface area contributed by atoms with Crippen LogP contribution < -0.4 is 0 Å². The van der Waals surface area contributed by atoms with Crippen molar-refractivity contribution in [2.45, 2.75) is 20.3 Å². The standard InChI is InChI=1S/C14H12Cl2N2O/c1-8-11(9(2)19)7-17-14(18-8)6-10-12(15)4-3-5-13(10)16/h3-5,7H,6H2,1-2H3. The van der Waals surface area contributed by atoms with Gasteiger partial charge in [-0.15, -0.1) is 0 Å². The topological polar surface area (TPSA) is 42.9 Å². The van der Waals surface area contributed by atoms with Crippen molar-refractivity contribution < 1.29 is 4.79 Å². The number of aromatic nitrogens is 2. The molecular weight excluding hydrogens is 283 g/mol. The summed E-state index contributed by atoms with van der Waals surface area (Å²) in [6.45, 7) is 3.28. The fraction of sp³-hybridized carbons (Fsp3) is 0.214. The zero-order chi connectivity index (χ0) is 14.0. The molecule has 2 rings (SSSR count). The molecule has 1 heterocycles. The second kappa shape index (κ2) is 5.68. The van der Waals surface area contributed by atoms with Gasteiger partial charge in [-0.1, -0.05) is 29.3 Å². The van der Waals surface area contributed by atoms with E-state index < -0.39 is 0 Å². The molecule has 98 valence electrons. The van der Waals surface area contributed by atoms with E-state index in [-0.39, 0.29) is 5.78 Å². The quantitative estimate of drug-likeness (QED) is 0.807. The highest BCUT2D eigenvalue weighted by Gasteiger charge is 2.11. The van der Waals surface area contributed by atoms with Gasteiger partial charge in [-0.25, -0.2) is 9.97 Å². The average Bonchev–Trinajstić information content (AvgIpc) is 2.33. The van der Waals surface area contributed by atoms with Gasteiger partial charge in [0.15, 0.2) is 5.78 Å². The fourth-order valence-corrected chi connectivity index (χ4v) is 2.34. The van der Waals surface area contributed by atoms with E-state index in [0.29, 0.717) is 33.5 Å². The van der Waals surface area contributed by atoms with Gasteiger partial charge in [0, 0.05) is 22.7 Å². The lowest BCUT2D eigenvalue weighted by molar-refractivity contribution is 0.101. The minimum atomic E-state index is -0.0418. The van der Waals surface area contributed by atoms with E-state index in [2.05, 4.69) is 9.97 Å². The van der Waals surface area contributed by atoms with Crippen molar-refractivity contribution in [3.8, 4) is 0 Å². The van der Waals surface area contributed by atoms with Gasteiger partial charge in [0.1, 0.15) is 5.82 Å². The number of Topliss-reactive ketones (excluding diaryl/α,β-unsaturated/α-hetero) is 1. The van der Waals surface area contributed by atoms with Gasteiger partial charge in [0.2, 0.25) is 0 Å². The predicted octanol–water partition coefficient (Wildman–Crippen LogP) is 3.89. The summed E-state index contributed by atoms with van der Waals surface area (Å²) in [7, 11) is 0. The van der Waals surface area contributed by atoms with Crippen LogP contribution in [0.3, 0.4) is 0 Å². The number of hydrogen-bond donors (Lipinski definition) is 0. The Bertz CT molecular complexity index is 621. The molecule has 3 nitrogen and oxygen atoms in total. The van der Waals surface area contributed by atoms with Gasteiger partial charge in [0.25, 0.3) is 0 Å². The van der Waals surface area contributed by atoms with Crippen molar-refractivity contribution in [3.63, 3.8) is 0 Å². The van der Waals surface area contributed by atoms with Crippen molar-refractivity contribution in [3.05, 3.63) is 57.1 Å². The number of carbonyl (C=O) groups excluding carboxylic acids is 1. The monoisotopic (exact) mass is 294 g/mol. The largest absolute Gasteiger partial charge is 0.294 e. The number of nitrogens with zero attached hydrogens (tertiary/aromatic N) is 2. The SMILES string of the molecule is CC(=O)c1cnc(Cc2c(Cl)cccc2Cl)nc1C. The third kappa shape index (κ3) is 3.11. The number of halogens is 2. The molecule has 0 saturated heterocycles. The van der Waals surface area contributed by atoms with Gasteiger partial charge >= 0.3 is 0 Å². The lowest BCUT2D eigenvalue weighted by atomic mass is 10.1. The molecule has 0 amide bonds. The number of carbonyl (C=O) groups is 1. The molecular formula is C14H12Cl2N2O. The summed E-state index contributed by atoms with van der Waals surface area (Å²) >= 11 is 12.2. The first-order valence-electron chi connectivity index (χ1n) is 5.75. The minimum Gasteiger partial charge on any atom is -0.294 e. The molecule has 1 aromatic carbocycles. The summed E-state index contributed by atoms with van der Waals surface area (Å²) in [5.74, 6) is 0.553. The van der Waals surface area contributed by atoms with Gasteiger partial charge in [-0.2, -0.15) is 0 Å². The van der Waals surface area contributed by atoms with Gasteiger partial charge in [-0.05, 0) is 31.5 Å². The molecule has 0 saturated carbocycles. The Morgan fingerprint density at radius 2 is 1.89 bits per heavy atom. The van der Waals surface area contributed by atoms with E-state index in [1.54, 1.807) is 31.3 Å². The first-order chi connectivity index (χ1) is 8.99. The highest BCUT2D eigenvalue weighted by Crippen LogP contribution is 2.26. The van der Waals surface area contributed by atoms with Crippen molar-refractivity contribution in [1.29, 1.82) is 0 Å². The summed E-state index contributed by atoms with van der Waals surface area (Å²) in [4.78, 5) is 19.8. The Kier molecular flexibility index (Phi) is 4.17. The highest BCUT2D eigenvalue weighted by molar-refractivity contribution is 6.36. The predicted molar refractivity (Wildman–Crippen MR) is 76.0 cm³/mol. The molecule has 19 heavy (non-hydrogen) atoms. The molecule has 2 aromatic rings. The summed E-state index contributed by atoms with van der Waals surface area (Å²) in [6, 6.07) is 5.35. The van der Waals surface area contributed by atoms with Crippen LogP contribution in [0, 0.1) is 6.92 Å². The van der Waals surface area contributed by atoms with E-state index in [1.165, 1.54) is 6.92 Å². The van der Waals surface area contributed by atoms with Crippen LogP contribution in [0.15, 0.2) is 24.4 Å². The molecule has 1 aromatic heterocycles. The molecule has 5 heteroatoms. The van der Waals surface area contributed by atoms with Crippen molar-refractivity contribution in [2.24, 2.45) is 0 Å². The van der Waals surface area contributed by atoms with E-state index in [4.69, 9.17) is 23.2 Å². The maximum atomic E-state index is 11.3. The molecule has 0 spiro atoms. The molecule has 0 unspecified atom stereocenters. The van der Waals surface area contributed by atoms with E-state index >= 15 is 0 Å². The Labute approximate surface area is 121 Å². The zero-order valence-electron chi connectivity index (χ0n) is 10.6. The number of benzene rings is 1. The van der Waals surface area contributed by atoms with E-state index in [9.17, 15) is 4.79 Å². The maximum Gasteiger partial charge on any atom is 0.163 e. The molecule has 0 aliphatic heterocycles. The lowest BCUT2D eigenvalue weighted by Gasteiger charge is -2.07. The van der Waals surface area contributed by atoms with Crippen molar-refractivity contribution in [1.82, 2.24) is 9.97 Å². The second-order valence-corrected chi connectivity index (χ2v) is 5.03. The van der Waals surface area contributed by atoms with Crippen LogP contribution in [0.5, 0.6) is 0 Å². The summed E-state index contributed by atoms with van der Waals surface area (Å²) in [6.07, 6.45) is 1.99. The molecule has 0 aliphatic carbocycles. The Hall–Kier alpha value is -1.45. The molecule has 0 radical (unpaired) electrons. The van der Waals surface area contributed by atoms with Gasteiger partial charge in [-0.3, -0.25) is 4.79 Å². The Morgan fingerprint density at radius 1 is 1.26 bits per heavy atom. The Morgan fingerprint density at radius 3 is 2.42 bits per heavy atom. The first-order valence-corrected chi connectivity index (χ1v) is 6.51. The summed E-state index contributed by atoms with van der Waals surface area (Å²) < 4.78 is 0. The molecule has 0 fully saturated rings. The van der Waals surface area contributed by atoms with Crippen molar-refractivity contribution in [2.75, 3.05) is 0 Å². The molecule has 0 atom stereocenters. The van der Waals surface area contributed by atoms with Crippen LogP contribution in [0.1, 0.15) is 34.4 Å². The summed E-state index contributed by atoms with van der Waals surface area (Å²) in [5, 5.41) is 1.17. The first kappa shape index (κ1) is 14.0. The third-order valence-electron chi connectivity index (χ3n) is 2.81. The number of ketones is 1. The molecule has 0 aliphatic rings. The second-order valence-electron chi connectivity index (χ2n) is 4.22. The minimum absolute atomic E-state index is 0.0418. The van der Waals surface area contributed by atoms with E-state index in [0.717, 1.165) is 5.56 Å². The maximum absolute atomic E-state index is 11.3. The Balaban J connectivity index is 2.34. The average molecular weight is 295 g/mol.